The predicted molar refractivity (Wildman–Crippen MR) is 223 cm³/mol. The fraction of sp³-hybridized carbons (Fsp3) is 0. The van der Waals surface area contributed by atoms with E-state index in [0.717, 1.165) is 44.3 Å². The molecule has 2 heterocycles. The number of nitrogens with zero attached hydrogens (tertiary/aromatic N) is 3. The van der Waals surface area contributed by atoms with Crippen LogP contribution < -0.4 is 0 Å². The summed E-state index contributed by atoms with van der Waals surface area (Å²) in [6.07, 6.45) is 0. The molecule has 0 spiro atoms. The Balaban J connectivity index is 1.25. The second kappa shape index (κ2) is 13.1. The molecule has 0 aliphatic rings. The second-order valence-electron chi connectivity index (χ2n) is 13.2. The van der Waals surface area contributed by atoms with Crippen molar-refractivity contribution in [1.82, 2.24) is 15.0 Å². The van der Waals surface area contributed by atoms with Gasteiger partial charge >= 0.3 is 0 Å². The summed E-state index contributed by atoms with van der Waals surface area (Å²) in [5.74, 6) is 1.93. The van der Waals surface area contributed by atoms with Gasteiger partial charge in [0.15, 0.2) is 17.5 Å². The Hall–Kier alpha value is -6.75. The van der Waals surface area contributed by atoms with Crippen molar-refractivity contribution in [2.45, 2.75) is 0 Å². The number of rotatable bonds is 6. The Bertz CT molecular complexity index is 2860. The molecule has 2 aromatic heterocycles. The Morgan fingerprint density at radius 3 is 1.42 bits per heavy atom. The summed E-state index contributed by atoms with van der Waals surface area (Å²) in [5.41, 5.74) is 9.78. The van der Waals surface area contributed by atoms with Crippen molar-refractivity contribution >= 4 is 42.3 Å². The lowest BCUT2D eigenvalue weighted by molar-refractivity contribution is 1.08. The summed E-state index contributed by atoms with van der Waals surface area (Å²) in [6.45, 7) is 0. The average molecular weight is 694 g/mol. The molecule has 0 unspecified atom stereocenters. The molecule has 3 nitrogen and oxygen atoms in total. The van der Waals surface area contributed by atoms with Crippen molar-refractivity contribution in [1.29, 1.82) is 0 Å². The number of hydrogen-bond acceptors (Lipinski definition) is 4. The highest BCUT2D eigenvalue weighted by molar-refractivity contribution is 7.26. The van der Waals surface area contributed by atoms with Crippen LogP contribution in [-0.2, 0) is 0 Å². The summed E-state index contributed by atoms with van der Waals surface area (Å²) in [7, 11) is 0. The summed E-state index contributed by atoms with van der Waals surface area (Å²) < 4.78 is 2.47. The molecule has 0 N–H and O–H groups in total. The number of hydrogen-bond donors (Lipinski definition) is 0. The van der Waals surface area contributed by atoms with Crippen LogP contribution in [-0.4, -0.2) is 15.0 Å². The van der Waals surface area contributed by atoms with E-state index in [1.54, 1.807) is 0 Å². The normalized spacial score (nSPS) is 11.4. The molecule has 4 heteroatoms. The number of thiophene rings is 1. The van der Waals surface area contributed by atoms with Crippen molar-refractivity contribution in [2.24, 2.45) is 0 Å². The molecule has 0 saturated heterocycles. The third-order valence-electron chi connectivity index (χ3n) is 9.90. The van der Waals surface area contributed by atoms with E-state index in [0.29, 0.717) is 17.5 Å². The Morgan fingerprint density at radius 1 is 0.302 bits per heavy atom. The third-order valence-corrected chi connectivity index (χ3v) is 11.1. The SMILES string of the molecule is c1ccc(-c2cc(-c3ccccc3)cc(-c3nc(-c4ccccc4)nc(-c4cccc5sc6c7ccccc7c(-c7ccccc7)cc6c45)n3)c2)cc1. The number of benzene rings is 8. The molecule has 0 fully saturated rings. The summed E-state index contributed by atoms with van der Waals surface area (Å²) in [6, 6.07) is 66.2. The molecular weight excluding hydrogens is 663 g/mol. The van der Waals surface area contributed by atoms with Gasteiger partial charge in [-0.25, -0.2) is 15.0 Å². The standard InChI is InChI=1S/C49H31N3S/c1-5-16-32(17-6-1)36-28-37(33-18-7-2-8-19-33)30-38(29-36)48-50-47(35-22-11-4-12-23-35)51-49(52-48)41-26-15-27-44-45(41)43-31-42(34-20-9-3-10-21-34)39-24-13-14-25-40(39)46(43)53-44/h1-31H. The first-order chi connectivity index (χ1) is 26.3. The molecular formula is C49H31N3S. The van der Waals surface area contributed by atoms with E-state index in [9.17, 15) is 0 Å². The fourth-order valence-electron chi connectivity index (χ4n) is 7.38. The van der Waals surface area contributed by atoms with Gasteiger partial charge in [0.05, 0.1) is 0 Å². The first-order valence-corrected chi connectivity index (χ1v) is 18.6. The van der Waals surface area contributed by atoms with Gasteiger partial charge in [-0.15, -0.1) is 11.3 Å². The van der Waals surface area contributed by atoms with E-state index in [4.69, 9.17) is 15.0 Å². The van der Waals surface area contributed by atoms with E-state index >= 15 is 0 Å². The molecule has 10 aromatic rings. The molecule has 0 amide bonds. The Labute approximate surface area is 311 Å². The minimum atomic E-state index is 0.635. The molecule has 53 heavy (non-hydrogen) atoms. The van der Waals surface area contributed by atoms with Crippen LogP contribution in [0.1, 0.15) is 0 Å². The zero-order chi connectivity index (χ0) is 35.1. The lowest BCUT2D eigenvalue weighted by atomic mass is 9.94. The van der Waals surface area contributed by atoms with Crippen molar-refractivity contribution in [3.05, 3.63) is 188 Å². The van der Waals surface area contributed by atoms with Crippen molar-refractivity contribution in [3.8, 4) is 67.5 Å². The molecule has 0 atom stereocenters. The number of aromatic nitrogens is 3. The van der Waals surface area contributed by atoms with E-state index in [2.05, 4.69) is 170 Å². The van der Waals surface area contributed by atoms with Gasteiger partial charge in [-0.2, -0.15) is 0 Å². The highest BCUT2D eigenvalue weighted by Crippen LogP contribution is 2.45. The first kappa shape index (κ1) is 31.0. The minimum Gasteiger partial charge on any atom is -0.208 e. The van der Waals surface area contributed by atoms with Gasteiger partial charge in [0.2, 0.25) is 0 Å². The Morgan fingerprint density at radius 2 is 0.792 bits per heavy atom. The summed E-state index contributed by atoms with van der Waals surface area (Å²) >= 11 is 1.83. The fourth-order valence-corrected chi connectivity index (χ4v) is 8.63. The van der Waals surface area contributed by atoms with Gasteiger partial charge in [-0.3, -0.25) is 0 Å². The topological polar surface area (TPSA) is 38.7 Å². The molecule has 248 valence electrons. The van der Waals surface area contributed by atoms with Crippen LogP contribution in [0, 0.1) is 0 Å². The van der Waals surface area contributed by atoms with Crippen molar-refractivity contribution < 1.29 is 0 Å². The molecule has 10 rings (SSSR count). The summed E-state index contributed by atoms with van der Waals surface area (Å²) in [5, 5.41) is 4.87. The third kappa shape index (κ3) is 5.66. The van der Waals surface area contributed by atoms with E-state index in [1.165, 1.54) is 36.7 Å². The van der Waals surface area contributed by atoms with Gasteiger partial charge in [0.25, 0.3) is 0 Å². The monoisotopic (exact) mass is 693 g/mol. The van der Waals surface area contributed by atoms with Gasteiger partial charge < -0.3 is 0 Å². The van der Waals surface area contributed by atoms with E-state index in [1.807, 2.05) is 29.5 Å². The number of fused-ring (bicyclic) bond motifs is 5. The van der Waals surface area contributed by atoms with Crippen LogP contribution in [0.2, 0.25) is 0 Å². The van der Waals surface area contributed by atoms with Crippen LogP contribution in [0.15, 0.2) is 188 Å². The van der Waals surface area contributed by atoms with Gasteiger partial charge in [0.1, 0.15) is 0 Å². The van der Waals surface area contributed by atoms with Gasteiger partial charge in [0, 0.05) is 42.2 Å². The zero-order valence-corrected chi connectivity index (χ0v) is 29.5. The maximum absolute atomic E-state index is 5.33. The van der Waals surface area contributed by atoms with Gasteiger partial charge in [-0.1, -0.05) is 158 Å². The van der Waals surface area contributed by atoms with Crippen molar-refractivity contribution in [2.75, 3.05) is 0 Å². The van der Waals surface area contributed by atoms with E-state index in [-0.39, 0.29) is 0 Å². The molecule has 8 aromatic carbocycles. The molecule has 0 bridgehead atoms. The lowest BCUT2D eigenvalue weighted by Crippen LogP contribution is -2.01. The first-order valence-electron chi connectivity index (χ1n) is 17.8. The maximum atomic E-state index is 5.33. The van der Waals surface area contributed by atoms with Crippen LogP contribution >= 0.6 is 11.3 Å². The highest BCUT2D eigenvalue weighted by Gasteiger charge is 2.20. The lowest BCUT2D eigenvalue weighted by Gasteiger charge is -2.13. The molecule has 0 radical (unpaired) electrons. The smallest absolute Gasteiger partial charge is 0.164 e. The maximum Gasteiger partial charge on any atom is 0.164 e. The van der Waals surface area contributed by atoms with Crippen LogP contribution in [0.4, 0.5) is 0 Å². The van der Waals surface area contributed by atoms with Gasteiger partial charge in [-0.05, 0) is 69.1 Å². The minimum absolute atomic E-state index is 0.635. The quantitative estimate of drug-likeness (QED) is 0.174. The van der Waals surface area contributed by atoms with E-state index < -0.39 is 0 Å². The van der Waals surface area contributed by atoms with Crippen molar-refractivity contribution in [3.63, 3.8) is 0 Å². The highest BCUT2D eigenvalue weighted by atomic mass is 32.1. The Kier molecular flexibility index (Phi) is 7.67. The van der Waals surface area contributed by atoms with Crippen LogP contribution in [0.25, 0.3) is 98.5 Å². The largest absolute Gasteiger partial charge is 0.208 e. The average Bonchev–Trinajstić information content (AvgIpc) is 3.63. The predicted octanol–water partition coefficient (Wildman–Crippen LogP) is 13.4. The molecule has 0 saturated carbocycles. The van der Waals surface area contributed by atoms with Crippen LogP contribution in [0.5, 0.6) is 0 Å². The summed E-state index contributed by atoms with van der Waals surface area (Å²) in [4.78, 5) is 15.7. The molecule has 0 aliphatic heterocycles. The van der Waals surface area contributed by atoms with Crippen LogP contribution in [0.3, 0.4) is 0 Å². The zero-order valence-electron chi connectivity index (χ0n) is 28.6. The second-order valence-corrected chi connectivity index (χ2v) is 14.2. The molecule has 0 aliphatic carbocycles.